The van der Waals surface area contributed by atoms with E-state index in [2.05, 4.69) is 6.92 Å². The van der Waals surface area contributed by atoms with Gasteiger partial charge in [-0.15, -0.1) is 0 Å². The summed E-state index contributed by atoms with van der Waals surface area (Å²) < 4.78 is 4.97. The number of carbonyl (C=O) groups is 1. The highest BCUT2D eigenvalue weighted by Crippen LogP contribution is 2.45. The summed E-state index contributed by atoms with van der Waals surface area (Å²) in [6.07, 6.45) is 1.78. The molecule has 3 nitrogen and oxygen atoms in total. The van der Waals surface area contributed by atoms with Crippen molar-refractivity contribution in [3.63, 3.8) is 0 Å². The predicted molar refractivity (Wildman–Crippen MR) is 46.5 cm³/mol. The van der Waals surface area contributed by atoms with Crippen LogP contribution in [0.5, 0.6) is 0 Å². The Morgan fingerprint density at radius 3 is 2.58 bits per heavy atom. The van der Waals surface area contributed by atoms with E-state index in [4.69, 9.17) is 10.5 Å². The molecule has 0 bridgehead atoms. The maximum Gasteiger partial charge on any atom is 0.313 e. The van der Waals surface area contributed by atoms with Gasteiger partial charge in [0, 0.05) is 6.54 Å². The minimum absolute atomic E-state index is 0.106. The molecule has 0 unspecified atom stereocenters. The molecule has 70 valence electrons. The van der Waals surface area contributed by atoms with Crippen LogP contribution in [0.25, 0.3) is 0 Å². The van der Waals surface area contributed by atoms with Gasteiger partial charge in [0.1, 0.15) is 0 Å². The minimum Gasteiger partial charge on any atom is -0.466 e. The van der Waals surface area contributed by atoms with E-state index in [9.17, 15) is 4.79 Å². The van der Waals surface area contributed by atoms with Crippen LogP contribution < -0.4 is 5.73 Å². The van der Waals surface area contributed by atoms with Crippen molar-refractivity contribution in [1.29, 1.82) is 0 Å². The Bertz CT molecular complexity index is 173. The van der Waals surface area contributed by atoms with Crippen molar-refractivity contribution in [3.8, 4) is 0 Å². The Balaban J connectivity index is 2.51. The molecule has 1 aliphatic rings. The van der Waals surface area contributed by atoms with E-state index in [-0.39, 0.29) is 11.4 Å². The smallest absolute Gasteiger partial charge is 0.313 e. The van der Waals surface area contributed by atoms with E-state index in [0.29, 0.717) is 19.1 Å². The molecule has 0 radical (unpaired) electrons. The number of nitrogens with two attached hydrogens (primary N) is 1. The third-order valence-electron chi connectivity index (χ3n) is 2.58. The number of ether oxygens (including phenoxy) is 1. The SMILES string of the molecule is CCOC(=O)C1(CN)CC(C)C1. The lowest BCUT2D eigenvalue weighted by Crippen LogP contribution is -2.49. The molecule has 1 rings (SSSR count). The average Bonchev–Trinajstić information content (AvgIpc) is 1.98. The standard InChI is InChI=1S/C9H17NO2/c1-3-12-8(11)9(6-10)4-7(2)5-9/h7H,3-6,10H2,1-2H3. The van der Waals surface area contributed by atoms with Gasteiger partial charge in [0.2, 0.25) is 0 Å². The van der Waals surface area contributed by atoms with Crippen molar-refractivity contribution < 1.29 is 9.53 Å². The Kier molecular flexibility index (Phi) is 2.73. The lowest BCUT2D eigenvalue weighted by Gasteiger charge is -2.43. The molecule has 0 saturated heterocycles. The third-order valence-corrected chi connectivity index (χ3v) is 2.58. The lowest BCUT2D eigenvalue weighted by atomic mass is 9.62. The van der Waals surface area contributed by atoms with Gasteiger partial charge in [0.05, 0.1) is 12.0 Å². The summed E-state index contributed by atoms with van der Waals surface area (Å²) in [5.41, 5.74) is 5.22. The molecule has 1 aliphatic carbocycles. The normalized spacial score (nSPS) is 34.1. The molecular formula is C9H17NO2. The molecule has 0 aromatic rings. The Morgan fingerprint density at radius 2 is 2.25 bits per heavy atom. The Morgan fingerprint density at radius 1 is 1.67 bits per heavy atom. The van der Waals surface area contributed by atoms with Gasteiger partial charge < -0.3 is 10.5 Å². The third kappa shape index (κ3) is 1.46. The molecule has 1 saturated carbocycles. The average molecular weight is 171 g/mol. The number of carbonyl (C=O) groups excluding carboxylic acids is 1. The molecule has 1 fully saturated rings. The molecule has 12 heavy (non-hydrogen) atoms. The topological polar surface area (TPSA) is 52.3 Å². The Hall–Kier alpha value is -0.570. The molecular weight excluding hydrogens is 154 g/mol. The first-order valence-electron chi connectivity index (χ1n) is 4.52. The number of esters is 1. The molecule has 0 amide bonds. The highest BCUT2D eigenvalue weighted by molar-refractivity contribution is 5.78. The number of hydrogen-bond acceptors (Lipinski definition) is 3. The van der Waals surface area contributed by atoms with Crippen LogP contribution in [0.3, 0.4) is 0 Å². The zero-order valence-corrected chi connectivity index (χ0v) is 7.80. The number of rotatable bonds is 3. The van der Waals surface area contributed by atoms with Crippen LogP contribution in [0, 0.1) is 11.3 Å². The summed E-state index contributed by atoms with van der Waals surface area (Å²) in [5.74, 6) is 0.517. The van der Waals surface area contributed by atoms with E-state index < -0.39 is 0 Å². The van der Waals surface area contributed by atoms with Gasteiger partial charge in [0.15, 0.2) is 0 Å². The summed E-state index contributed by atoms with van der Waals surface area (Å²) in [6.45, 7) is 4.84. The molecule has 2 N–H and O–H groups in total. The summed E-state index contributed by atoms with van der Waals surface area (Å²) in [5, 5.41) is 0. The van der Waals surface area contributed by atoms with Crippen molar-refractivity contribution in [2.45, 2.75) is 26.7 Å². The summed E-state index contributed by atoms with van der Waals surface area (Å²) in [6, 6.07) is 0. The van der Waals surface area contributed by atoms with Crippen molar-refractivity contribution in [2.24, 2.45) is 17.1 Å². The maximum atomic E-state index is 11.4. The van der Waals surface area contributed by atoms with E-state index in [1.54, 1.807) is 0 Å². The number of hydrogen-bond donors (Lipinski definition) is 1. The second kappa shape index (κ2) is 3.44. The van der Waals surface area contributed by atoms with Crippen molar-refractivity contribution >= 4 is 5.97 Å². The van der Waals surface area contributed by atoms with Gasteiger partial charge in [-0.25, -0.2) is 0 Å². The van der Waals surface area contributed by atoms with E-state index in [1.807, 2.05) is 6.92 Å². The minimum atomic E-state index is -0.338. The van der Waals surface area contributed by atoms with Gasteiger partial charge in [-0.3, -0.25) is 4.79 Å². The van der Waals surface area contributed by atoms with Crippen LogP contribution in [0.15, 0.2) is 0 Å². The van der Waals surface area contributed by atoms with Crippen LogP contribution in [0.4, 0.5) is 0 Å². The first-order valence-corrected chi connectivity index (χ1v) is 4.52. The highest BCUT2D eigenvalue weighted by Gasteiger charge is 2.48. The van der Waals surface area contributed by atoms with Gasteiger partial charge in [0.25, 0.3) is 0 Å². The molecule has 0 aliphatic heterocycles. The van der Waals surface area contributed by atoms with Crippen LogP contribution in [0.2, 0.25) is 0 Å². The largest absolute Gasteiger partial charge is 0.466 e. The lowest BCUT2D eigenvalue weighted by molar-refractivity contribution is -0.163. The van der Waals surface area contributed by atoms with Gasteiger partial charge in [-0.2, -0.15) is 0 Å². The van der Waals surface area contributed by atoms with E-state index >= 15 is 0 Å². The van der Waals surface area contributed by atoms with E-state index in [1.165, 1.54) is 0 Å². The van der Waals surface area contributed by atoms with Gasteiger partial charge in [-0.05, 0) is 25.7 Å². The van der Waals surface area contributed by atoms with Crippen molar-refractivity contribution in [2.75, 3.05) is 13.2 Å². The first-order chi connectivity index (χ1) is 5.64. The van der Waals surface area contributed by atoms with Crippen molar-refractivity contribution in [1.82, 2.24) is 0 Å². The molecule has 0 aromatic carbocycles. The molecule has 0 heterocycles. The summed E-state index contributed by atoms with van der Waals surface area (Å²) in [7, 11) is 0. The Labute approximate surface area is 73.3 Å². The fourth-order valence-corrected chi connectivity index (χ4v) is 1.98. The van der Waals surface area contributed by atoms with Crippen LogP contribution in [0.1, 0.15) is 26.7 Å². The van der Waals surface area contributed by atoms with Crippen LogP contribution in [-0.2, 0) is 9.53 Å². The molecule has 3 heteroatoms. The molecule has 0 spiro atoms. The summed E-state index contributed by atoms with van der Waals surface area (Å²) in [4.78, 5) is 11.4. The first kappa shape index (κ1) is 9.52. The van der Waals surface area contributed by atoms with Gasteiger partial charge in [-0.1, -0.05) is 6.92 Å². The zero-order valence-electron chi connectivity index (χ0n) is 7.80. The second-order valence-electron chi connectivity index (χ2n) is 3.72. The van der Waals surface area contributed by atoms with Gasteiger partial charge >= 0.3 is 5.97 Å². The quantitative estimate of drug-likeness (QED) is 0.642. The highest BCUT2D eigenvalue weighted by atomic mass is 16.5. The van der Waals surface area contributed by atoms with E-state index in [0.717, 1.165) is 12.8 Å². The monoisotopic (exact) mass is 171 g/mol. The maximum absolute atomic E-state index is 11.4. The fraction of sp³-hybridized carbons (Fsp3) is 0.889. The van der Waals surface area contributed by atoms with Crippen LogP contribution in [-0.4, -0.2) is 19.1 Å². The second-order valence-corrected chi connectivity index (χ2v) is 3.72. The summed E-state index contributed by atoms with van der Waals surface area (Å²) >= 11 is 0. The van der Waals surface area contributed by atoms with Crippen molar-refractivity contribution in [3.05, 3.63) is 0 Å². The predicted octanol–water partition coefficient (Wildman–Crippen LogP) is 0.924. The zero-order chi connectivity index (χ0) is 9.19. The fourth-order valence-electron chi connectivity index (χ4n) is 1.98. The molecule has 0 atom stereocenters. The molecule has 0 aromatic heterocycles. The van der Waals surface area contributed by atoms with Crippen LogP contribution >= 0.6 is 0 Å².